The average molecular weight is 344 g/mol. The summed E-state index contributed by atoms with van der Waals surface area (Å²) >= 11 is 3.49. The van der Waals surface area contributed by atoms with Gasteiger partial charge in [0.2, 0.25) is 0 Å². The van der Waals surface area contributed by atoms with Crippen LogP contribution in [0, 0.1) is 0 Å². The minimum atomic E-state index is -0.109. The molecule has 0 radical (unpaired) electrons. The second-order valence-corrected chi connectivity index (χ2v) is 5.52. The number of carbonyl (C=O) groups excluding carboxylic acids is 1. The molecule has 1 amide bonds. The molecule has 0 aliphatic rings. The molecular weight excluding hydrogens is 330 g/mol. The quantitative estimate of drug-likeness (QED) is 0.763. The van der Waals surface area contributed by atoms with Crippen LogP contribution < -0.4 is 5.32 Å². The molecule has 0 fully saturated rings. The third-order valence-electron chi connectivity index (χ3n) is 3.29. The zero-order valence-electron chi connectivity index (χ0n) is 11.3. The van der Waals surface area contributed by atoms with E-state index in [1.807, 2.05) is 42.6 Å². The highest BCUT2D eigenvalue weighted by Gasteiger charge is 2.15. The molecule has 21 heavy (non-hydrogen) atoms. The summed E-state index contributed by atoms with van der Waals surface area (Å²) in [6.07, 6.45) is 4.31. The summed E-state index contributed by atoms with van der Waals surface area (Å²) in [6.45, 7) is 0.576. The highest BCUT2D eigenvalue weighted by Crippen LogP contribution is 2.27. The third kappa shape index (κ3) is 2.97. The fraction of sp³-hybridized carbons (Fsp3) is 0.125. The summed E-state index contributed by atoms with van der Waals surface area (Å²) in [6, 6.07) is 11.7. The van der Waals surface area contributed by atoms with Gasteiger partial charge in [0.1, 0.15) is 5.69 Å². The molecule has 2 aromatic heterocycles. The largest absolute Gasteiger partial charge is 0.350 e. The first-order chi connectivity index (χ1) is 10.3. The van der Waals surface area contributed by atoms with Crippen LogP contribution in [0.4, 0.5) is 0 Å². The second kappa shape index (κ2) is 6.10. The van der Waals surface area contributed by atoms with E-state index in [2.05, 4.69) is 31.2 Å². The molecule has 3 aromatic rings. The summed E-state index contributed by atoms with van der Waals surface area (Å²) in [4.78, 5) is 19.4. The molecule has 1 aromatic carbocycles. The number of aromatic amines is 1. The third-order valence-corrected chi connectivity index (χ3v) is 4.12. The first kappa shape index (κ1) is 13.8. The summed E-state index contributed by atoms with van der Waals surface area (Å²) in [5.74, 6) is -0.109. The number of pyridine rings is 1. The van der Waals surface area contributed by atoms with Gasteiger partial charge < -0.3 is 10.3 Å². The number of rotatable bonds is 4. The fourth-order valence-electron chi connectivity index (χ4n) is 2.22. The van der Waals surface area contributed by atoms with Crippen molar-refractivity contribution in [2.45, 2.75) is 6.42 Å². The Labute approximate surface area is 130 Å². The van der Waals surface area contributed by atoms with E-state index in [9.17, 15) is 4.79 Å². The van der Waals surface area contributed by atoms with Crippen molar-refractivity contribution >= 4 is 32.7 Å². The van der Waals surface area contributed by atoms with Gasteiger partial charge in [0, 0.05) is 29.8 Å². The average Bonchev–Trinajstić information content (AvgIpc) is 2.86. The van der Waals surface area contributed by atoms with Crippen LogP contribution in [-0.2, 0) is 6.42 Å². The highest BCUT2D eigenvalue weighted by molar-refractivity contribution is 9.10. The van der Waals surface area contributed by atoms with Crippen molar-refractivity contribution in [2.24, 2.45) is 0 Å². The monoisotopic (exact) mass is 343 g/mol. The number of fused-ring (bicyclic) bond motifs is 1. The van der Waals surface area contributed by atoms with Gasteiger partial charge in [-0.1, -0.05) is 24.3 Å². The lowest BCUT2D eigenvalue weighted by Crippen LogP contribution is -2.26. The molecule has 3 rings (SSSR count). The van der Waals surface area contributed by atoms with Crippen molar-refractivity contribution in [1.29, 1.82) is 0 Å². The van der Waals surface area contributed by atoms with Gasteiger partial charge in [-0.3, -0.25) is 9.78 Å². The Hall–Kier alpha value is -2.14. The van der Waals surface area contributed by atoms with E-state index in [1.54, 1.807) is 6.20 Å². The lowest BCUT2D eigenvalue weighted by molar-refractivity contribution is 0.0949. The SMILES string of the molecule is O=C(NCCc1cccnc1)c1[nH]c2ccccc2c1Br. The lowest BCUT2D eigenvalue weighted by Gasteiger charge is -2.04. The van der Waals surface area contributed by atoms with Crippen LogP contribution in [0.5, 0.6) is 0 Å². The van der Waals surface area contributed by atoms with Crippen molar-refractivity contribution < 1.29 is 4.79 Å². The Morgan fingerprint density at radius 2 is 2.10 bits per heavy atom. The maximum absolute atomic E-state index is 12.2. The van der Waals surface area contributed by atoms with Gasteiger partial charge in [0.05, 0.1) is 4.47 Å². The Bertz CT molecular complexity index is 768. The molecule has 0 aliphatic heterocycles. The molecule has 0 atom stereocenters. The predicted octanol–water partition coefficient (Wildman–Crippen LogP) is 3.30. The Morgan fingerprint density at radius 1 is 1.24 bits per heavy atom. The first-order valence-electron chi connectivity index (χ1n) is 6.69. The van der Waals surface area contributed by atoms with E-state index in [0.29, 0.717) is 12.2 Å². The number of amides is 1. The number of nitrogens with one attached hydrogen (secondary N) is 2. The van der Waals surface area contributed by atoms with Gasteiger partial charge in [-0.05, 0) is 40.0 Å². The molecule has 2 heterocycles. The maximum Gasteiger partial charge on any atom is 0.268 e. The topological polar surface area (TPSA) is 57.8 Å². The Kier molecular flexibility index (Phi) is 4.01. The second-order valence-electron chi connectivity index (χ2n) is 4.73. The van der Waals surface area contributed by atoms with E-state index < -0.39 is 0 Å². The van der Waals surface area contributed by atoms with Crippen LogP contribution in [0.3, 0.4) is 0 Å². The number of carbonyl (C=O) groups is 1. The molecule has 106 valence electrons. The van der Waals surface area contributed by atoms with Crippen LogP contribution >= 0.6 is 15.9 Å². The zero-order chi connectivity index (χ0) is 14.7. The van der Waals surface area contributed by atoms with Crippen molar-refractivity contribution in [2.75, 3.05) is 6.54 Å². The molecule has 2 N–H and O–H groups in total. The van der Waals surface area contributed by atoms with E-state index in [-0.39, 0.29) is 5.91 Å². The molecule has 4 nitrogen and oxygen atoms in total. The van der Waals surface area contributed by atoms with E-state index >= 15 is 0 Å². The van der Waals surface area contributed by atoms with Crippen molar-refractivity contribution in [1.82, 2.24) is 15.3 Å². The summed E-state index contributed by atoms with van der Waals surface area (Å²) < 4.78 is 0.803. The molecule has 5 heteroatoms. The van der Waals surface area contributed by atoms with Crippen LogP contribution in [0.25, 0.3) is 10.9 Å². The molecule has 0 bridgehead atoms. The Balaban J connectivity index is 1.68. The standard InChI is InChI=1S/C16H14BrN3O/c17-14-12-5-1-2-6-13(12)20-15(14)16(21)19-9-7-11-4-3-8-18-10-11/h1-6,8,10,20H,7,9H2,(H,19,21). The molecule has 0 spiro atoms. The van der Waals surface area contributed by atoms with E-state index in [4.69, 9.17) is 0 Å². The number of nitrogens with zero attached hydrogens (tertiary/aromatic N) is 1. The van der Waals surface area contributed by atoms with Gasteiger partial charge in [-0.15, -0.1) is 0 Å². The lowest BCUT2D eigenvalue weighted by atomic mass is 10.2. The Morgan fingerprint density at radius 3 is 2.86 bits per heavy atom. The molecular formula is C16H14BrN3O. The number of benzene rings is 1. The first-order valence-corrected chi connectivity index (χ1v) is 7.48. The van der Waals surface area contributed by atoms with Crippen LogP contribution in [0.15, 0.2) is 53.3 Å². The smallest absolute Gasteiger partial charge is 0.268 e. The number of aromatic nitrogens is 2. The van der Waals surface area contributed by atoms with Gasteiger partial charge in [0.25, 0.3) is 5.91 Å². The van der Waals surface area contributed by atoms with Gasteiger partial charge in [-0.25, -0.2) is 0 Å². The van der Waals surface area contributed by atoms with Gasteiger partial charge in [0.15, 0.2) is 0 Å². The van der Waals surface area contributed by atoms with E-state index in [1.165, 1.54) is 0 Å². The number of hydrogen-bond donors (Lipinski definition) is 2. The van der Waals surface area contributed by atoms with Gasteiger partial charge in [-0.2, -0.15) is 0 Å². The van der Waals surface area contributed by atoms with Crippen molar-refractivity contribution in [3.63, 3.8) is 0 Å². The molecule has 0 saturated heterocycles. The van der Waals surface area contributed by atoms with Crippen molar-refractivity contribution in [3.8, 4) is 0 Å². The number of para-hydroxylation sites is 1. The number of hydrogen-bond acceptors (Lipinski definition) is 2. The minimum absolute atomic E-state index is 0.109. The molecule has 0 unspecified atom stereocenters. The number of halogens is 1. The normalized spacial score (nSPS) is 10.7. The zero-order valence-corrected chi connectivity index (χ0v) is 12.9. The highest BCUT2D eigenvalue weighted by atomic mass is 79.9. The van der Waals surface area contributed by atoms with Crippen molar-refractivity contribution in [3.05, 3.63) is 64.5 Å². The minimum Gasteiger partial charge on any atom is -0.350 e. The van der Waals surface area contributed by atoms with Crippen LogP contribution in [-0.4, -0.2) is 22.4 Å². The number of H-pyrrole nitrogens is 1. The summed E-state index contributed by atoms with van der Waals surface area (Å²) in [7, 11) is 0. The van der Waals surface area contributed by atoms with Crippen LogP contribution in [0.1, 0.15) is 16.1 Å². The molecule has 0 aliphatic carbocycles. The summed E-state index contributed by atoms with van der Waals surface area (Å²) in [5.41, 5.74) is 2.61. The van der Waals surface area contributed by atoms with Crippen LogP contribution in [0.2, 0.25) is 0 Å². The van der Waals surface area contributed by atoms with E-state index in [0.717, 1.165) is 27.4 Å². The fourth-order valence-corrected chi connectivity index (χ4v) is 2.84. The predicted molar refractivity (Wildman–Crippen MR) is 86.3 cm³/mol. The maximum atomic E-state index is 12.2. The summed E-state index contributed by atoms with van der Waals surface area (Å²) in [5, 5.41) is 3.93. The molecule has 0 saturated carbocycles. The van der Waals surface area contributed by atoms with Gasteiger partial charge >= 0.3 is 0 Å².